The average Bonchev–Trinajstić information content (AvgIpc) is 2.20. The number of carbonyl (C=O) groups excluding carboxylic acids is 1. The zero-order chi connectivity index (χ0) is 15.8. The van der Waals surface area contributed by atoms with Gasteiger partial charge < -0.3 is 14.6 Å². The third kappa shape index (κ3) is 11.7. The first kappa shape index (κ1) is 18.6. The standard InChI is InChI=1S/C8H15NO9S2/c1-19(13,14)9-20(15,16)6-2-4-17-8(12)18-5-3-7(10)11/h9H,2-6H2,1H3,(H,10,11). The smallest absolute Gasteiger partial charge is 0.481 e. The highest BCUT2D eigenvalue weighted by Crippen LogP contribution is 1.95. The number of carboxylic acids is 1. The van der Waals surface area contributed by atoms with E-state index in [0.29, 0.717) is 6.26 Å². The van der Waals surface area contributed by atoms with Crippen molar-refractivity contribution >= 4 is 32.2 Å². The van der Waals surface area contributed by atoms with Crippen LogP contribution >= 0.6 is 0 Å². The number of aliphatic carboxylic acids is 1. The van der Waals surface area contributed by atoms with E-state index < -0.39 is 37.9 Å². The SMILES string of the molecule is CS(=O)(=O)NS(=O)(=O)CCCOC(=O)OCCC(=O)O. The normalized spacial score (nSPS) is 11.8. The van der Waals surface area contributed by atoms with Crippen LogP contribution in [-0.4, -0.2) is 59.3 Å². The first-order chi connectivity index (χ1) is 9.02. The maximum atomic E-state index is 11.2. The molecule has 0 rings (SSSR count). The molecule has 0 aromatic carbocycles. The Balaban J connectivity index is 3.86. The summed E-state index contributed by atoms with van der Waals surface area (Å²) in [5.41, 5.74) is 0. The van der Waals surface area contributed by atoms with Crippen LogP contribution in [0, 0.1) is 0 Å². The minimum atomic E-state index is -4.01. The number of carboxylic acid groups (broad SMARTS) is 1. The lowest BCUT2D eigenvalue weighted by atomic mass is 10.5. The van der Waals surface area contributed by atoms with Crippen molar-refractivity contribution in [2.75, 3.05) is 25.2 Å². The van der Waals surface area contributed by atoms with Crippen LogP contribution in [0.4, 0.5) is 4.79 Å². The van der Waals surface area contributed by atoms with Gasteiger partial charge in [0, 0.05) is 0 Å². The van der Waals surface area contributed by atoms with Crippen molar-refractivity contribution in [1.29, 1.82) is 0 Å². The second-order valence-electron chi connectivity index (χ2n) is 3.62. The molecule has 0 saturated heterocycles. The molecule has 20 heavy (non-hydrogen) atoms. The van der Waals surface area contributed by atoms with Crippen LogP contribution in [-0.2, 0) is 34.3 Å². The van der Waals surface area contributed by atoms with E-state index in [-0.39, 0.29) is 26.1 Å². The molecule has 0 amide bonds. The fourth-order valence-electron chi connectivity index (χ4n) is 0.940. The molecule has 0 aliphatic carbocycles. The lowest BCUT2D eigenvalue weighted by Gasteiger charge is -2.06. The molecule has 0 spiro atoms. The fourth-order valence-corrected chi connectivity index (χ4v) is 3.62. The van der Waals surface area contributed by atoms with Gasteiger partial charge in [-0.25, -0.2) is 21.6 Å². The number of hydrogen-bond donors (Lipinski definition) is 2. The van der Waals surface area contributed by atoms with Crippen LogP contribution in [0.3, 0.4) is 0 Å². The first-order valence-corrected chi connectivity index (χ1v) is 8.79. The van der Waals surface area contributed by atoms with Crippen molar-refractivity contribution in [2.45, 2.75) is 12.8 Å². The quantitative estimate of drug-likeness (QED) is 0.394. The molecule has 0 unspecified atom stereocenters. The van der Waals surface area contributed by atoms with E-state index in [1.165, 1.54) is 4.13 Å². The van der Waals surface area contributed by atoms with Gasteiger partial charge in [-0.05, 0) is 6.42 Å². The van der Waals surface area contributed by atoms with Crippen molar-refractivity contribution in [3.05, 3.63) is 0 Å². The van der Waals surface area contributed by atoms with E-state index in [0.717, 1.165) is 0 Å². The lowest BCUT2D eigenvalue weighted by molar-refractivity contribution is -0.137. The molecule has 118 valence electrons. The van der Waals surface area contributed by atoms with Crippen LogP contribution < -0.4 is 4.13 Å². The van der Waals surface area contributed by atoms with Gasteiger partial charge in [-0.2, -0.15) is 0 Å². The summed E-state index contributed by atoms with van der Waals surface area (Å²) in [4.78, 5) is 21.0. The Bertz CT molecular complexity index is 536. The molecule has 0 aliphatic rings. The van der Waals surface area contributed by atoms with E-state index in [2.05, 4.69) is 9.47 Å². The molecule has 2 N–H and O–H groups in total. The molecular weight excluding hydrogens is 318 g/mol. The second-order valence-corrected chi connectivity index (χ2v) is 7.47. The molecule has 0 bridgehead atoms. The van der Waals surface area contributed by atoms with E-state index in [4.69, 9.17) is 5.11 Å². The highest BCUT2D eigenvalue weighted by molar-refractivity contribution is 8.04. The number of rotatable bonds is 9. The molecule has 0 fully saturated rings. The summed E-state index contributed by atoms with van der Waals surface area (Å²) in [6.45, 7) is -0.668. The van der Waals surface area contributed by atoms with Gasteiger partial charge in [0.1, 0.15) is 6.61 Å². The molecule has 0 aromatic heterocycles. The predicted octanol–water partition coefficient (Wildman–Crippen LogP) is -1.12. The molecule has 0 heterocycles. The molecule has 12 heteroatoms. The summed E-state index contributed by atoms with van der Waals surface area (Å²) in [5, 5.41) is 8.27. The Labute approximate surface area is 116 Å². The summed E-state index contributed by atoms with van der Waals surface area (Å²) in [5.74, 6) is -1.70. The summed E-state index contributed by atoms with van der Waals surface area (Å²) in [6, 6.07) is 0. The van der Waals surface area contributed by atoms with Crippen LogP contribution in [0.5, 0.6) is 0 Å². The van der Waals surface area contributed by atoms with Crippen LogP contribution in [0.1, 0.15) is 12.8 Å². The van der Waals surface area contributed by atoms with Gasteiger partial charge in [-0.3, -0.25) is 4.79 Å². The second kappa shape index (κ2) is 8.01. The molecule has 10 nitrogen and oxygen atoms in total. The molecule has 0 saturated carbocycles. The summed E-state index contributed by atoms with van der Waals surface area (Å²) in [7, 11) is -7.89. The predicted molar refractivity (Wildman–Crippen MR) is 65.9 cm³/mol. The monoisotopic (exact) mass is 333 g/mol. The van der Waals surface area contributed by atoms with Crippen molar-refractivity contribution in [2.24, 2.45) is 0 Å². The van der Waals surface area contributed by atoms with Gasteiger partial charge in [0.05, 0.1) is 25.0 Å². The average molecular weight is 333 g/mol. The first-order valence-electron chi connectivity index (χ1n) is 5.24. The summed E-state index contributed by atoms with van der Waals surface area (Å²) in [6.07, 6.45) is -0.943. The fraction of sp³-hybridized carbons (Fsp3) is 0.750. The van der Waals surface area contributed by atoms with Crippen LogP contribution in [0.2, 0.25) is 0 Å². The zero-order valence-corrected chi connectivity index (χ0v) is 12.2. The zero-order valence-electron chi connectivity index (χ0n) is 10.6. The molecule has 0 radical (unpaired) electrons. The van der Waals surface area contributed by atoms with Crippen LogP contribution in [0.25, 0.3) is 0 Å². The number of ether oxygens (including phenoxy) is 2. The lowest BCUT2D eigenvalue weighted by Crippen LogP contribution is -2.32. The Morgan fingerprint density at radius 3 is 2.15 bits per heavy atom. The van der Waals surface area contributed by atoms with Gasteiger partial charge in [0.2, 0.25) is 20.0 Å². The summed E-state index contributed by atoms with van der Waals surface area (Å²) >= 11 is 0. The number of nitrogens with one attached hydrogen (secondary N) is 1. The highest BCUT2D eigenvalue weighted by Gasteiger charge is 2.16. The number of sulfonamides is 2. The Morgan fingerprint density at radius 2 is 1.65 bits per heavy atom. The largest absolute Gasteiger partial charge is 0.508 e. The minimum absolute atomic E-state index is 0.140. The maximum Gasteiger partial charge on any atom is 0.508 e. The summed E-state index contributed by atoms with van der Waals surface area (Å²) < 4.78 is 54.1. The van der Waals surface area contributed by atoms with Crippen molar-refractivity contribution in [3.8, 4) is 0 Å². The van der Waals surface area contributed by atoms with Crippen LogP contribution in [0.15, 0.2) is 0 Å². The van der Waals surface area contributed by atoms with E-state index in [1.807, 2.05) is 0 Å². The molecular formula is C8H15NO9S2. The maximum absolute atomic E-state index is 11.2. The van der Waals surface area contributed by atoms with Gasteiger partial charge in [-0.1, -0.05) is 0 Å². The van der Waals surface area contributed by atoms with E-state index in [9.17, 15) is 26.4 Å². The topological polar surface area (TPSA) is 153 Å². The van der Waals surface area contributed by atoms with E-state index >= 15 is 0 Å². The van der Waals surface area contributed by atoms with Crippen molar-refractivity contribution < 1.29 is 41.0 Å². The van der Waals surface area contributed by atoms with Crippen molar-refractivity contribution in [1.82, 2.24) is 4.13 Å². The Hall–Kier alpha value is -1.40. The van der Waals surface area contributed by atoms with Gasteiger partial charge in [-0.15, -0.1) is 4.13 Å². The molecule has 0 aromatic rings. The van der Waals surface area contributed by atoms with Gasteiger partial charge >= 0.3 is 12.1 Å². The third-order valence-electron chi connectivity index (χ3n) is 1.59. The van der Waals surface area contributed by atoms with Crippen molar-refractivity contribution in [3.63, 3.8) is 0 Å². The molecule has 0 aliphatic heterocycles. The number of hydrogen-bond acceptors (Lipinski definition) is 8. The van der Waals surface area contributed by atoms with Gasteiger partial charge in [0.25, 0.3) is 0 Å². The number of carbonyl (C=O) groups is 2. The van der Waals surface area contributed by atoms with Gasteiger partial charge in [0.15, 0.2) is 0 Å². The van der Waals surface area contributed by atoms with E-state index in [1.54, 1.807) is 0 Å². The highest BCUT2D eigenvalue weighted by atomic mass is 32.3. The third-order valence-corrected chi connectivity index (χ3v) is 4.64. The minimum Gasteiger partial charge on any atom is -0.481 e. The Kier molecular flexibility index (Phi) is 7.45. The Morgan fingerprint density at radius 1 is 1.10 bits per heavy atom. The molecule has 0 atom stereocenters.